The molecule has 0 saturated heterocycles. The largest absolute Gasteiger partial charge is 0.365 e. The summed E-state index contributed by atoms with van der Waals surface area (Å²) in [4.78, 5) is 1.28. The third-order valence-corrected chi connectivity index (χ3v) is 5.09. The molecule has 3 aromatic rings. The van der Waals surface area contributed by atoms with Crippen molar-refractivity contribution in [3.63, 3.8) is 0 Å². The molecule has 0 radical (unpaired) electrons. The molecule has 1 aliphatic rings. The van der Waals surface area contributed by atoms with Gasteiger partial charge in [0.1, 0.15) is 6.17 Å². The maximum absolute atomic E-state index is 6.21. The van der Waals surface area contributed by atoms with Crippen molar-refractivity contribution in [3.05, 3.63) is 87.1 Å². The second-order valence-electron chi connectivity index (χ2n) is 5.33. The van der Waals surface area contributed by atoms with Crippen LogP contribution < -0.4 is 10.6 Å². The first-order chi connectivity index (χ1) is 10.8. The highest BCUT2D eigenvalue weighted by molar-refractivity contribution is 7.10. The molecule has 4 rings (SSSR count). The van der Waals surface area contributed by atoms with Crippen LogP contribution in [0.1, 0.15) is 28.2 Å². The molecule has 1 aliphatic heterocycles. The lowest BCUT2D eigenvalue weighted by Crippen LogP contribution is -2.36. The number of thiophene rings is 1. The van der Waals surface area contributed by atoms with Crippen molar-refractivity contribution in [3.8, 4) is 0 Å². The number of anilines is 1. The van der Waals surface area contributed by atoms with Crippen molar-refractivity contribution in [2.24, 2.45) is 0 Å². The van der Waals surface area contributed by atoms with Crippen molar-refractivity contribution >= 4 is 28.6 Å². The lowest BCUT2D eigenvalue weighted by atomic mass is 9.94. The van der Waals surface area contributed by atoms with Crippen LogP contribution in [0, 0.1) is 0 Å². The summed E-state index contributed by atoms with van der Waals surface area (Å²) in [5, 5.41) is 10.1. The van der Waals surface area contributed by atoms with Crippen LogP contribution in [-0.4, -0.2) is 0 Å². The Labute approximate surface area is 138 Å². The third kappa shape index (κ3) is 2.52. The van der Waals surface area contributed by atoms with Crippen molar-refractivity contribution in [1.82, 2.24) is 5.32 Å². The van der Waals surface area contributed by atoms with E-state index < -0.39 is 0 Å². The number of hydrogen-bond acceptors (Lipinski definition) is 3. The summed E-state index contributed by atoms with van der Waals surface area (Å²) in [5.41, 5.74) is 3.57. The molecule has 0 bridgehead atoms. The normalized spacial score (nSPS) is 20.2. The smallest absolute Gasteiger partial charge is 0.113 e. The number of nitrogens with one attached hydrogen (secondary N) is 2. The average Bonchev–Trinajstić information content (AvgIpc) is 3.09. The molecule has 2 nitrogen and oxygen atoms in total. The number of hydrogen-bond donors (Lipinski definition) is 2. The van der Waals surface area contributed by atoms with Gasteiger partial charge in [-0.1, -0.05) is 48.0 Å². The van der Waals surface area contributed by atoms with Gasteiger partial charge in [0, 0.05) is 15.6 Å². The highest BCUT2D eigenvalue weighted by Crippen LogP contribution is 2.38. The number of rotatable bonds is 2. The molecule has 110 valence electrons. The zero-order chi connectivity index (χ0) is 14.9. The van der Waals surface area contributed by atoms with Gasteiger partial charge in [-0.2, -0.15) is 0 Å². The minimum Gasteiger partial charge on any atom is -0.365 e. The molecule has 2 heterocycles. The predicted molar refractivity (Wildman–Crippen MR) is 93.6 cm³/mol. The zero-order valence-electron chi connectivity index (χ0n) is 11.8. The molecule has 0 fully saturated rings. The Morgan fingerprint density at radius 3 is 2.59 bits per heavy atom. The Balaban J connectivity index is 1.80. The summed E-state index contributed by atoms with van der Waals surface area (Å²) in [7, 11) is 0. The van der Waals surface area contributed by atoms with Crippen LogP contribution in [0.3, 0.4) is 0 Å². The van der Waals surface area contributed by atoms with Crippen molar-refractivity contribution in [2.45, 2.75) is 12.2 Å². The molecular weight excluding hydrogens is 312 g/mol. The Kier molecular flexibility index (Phi) is 3.62. The van der Waals surface area contributed by atoms with Crippen molar-refractivity contribution in [1.29, 1.82) is 0 Å². The van der Waals surface area contributed by atoms with Gasteiger partial charge in [0.2, 0.25) is 0 Å². The van der Waals surface area contributed by atoms with E-state index >= 15 is 0 Å². The van der Waals surface area contributed by atoms with Gasteiger partial charge < -0.3 is 5.32 Å². The van der Waals surface area contributed by atoms with Crippen LogP contribution in [-0.2, 0) is 0 Å². The standard InChI is InChI=1S/C18H15ClN2S/c19-13-8-9-15-14(11-13)17(12-5-2-1-3-6-12)21-18(20-15)16-7-4-10-22-16/h1-11,17-18,20-21H/t17-,18+/m0/s1. The fourth-order valence-electron chi connectivity index (χ4n) is 2.89. The van der Waals surface area contributed by atoms with Gasteiger partial charge in [-0.3, -0.25) is 5.32 Å². The monoisotopic (exact) mass is 326 g/mol. The maximum atomic E-state index is 6.21. The van der Waals surface area contributed by atoms with Gasteiger partial charge in [-0.25, -0.2) is 0 Å². The van der Waals surface area contributed by atoms with E-state index in [1.165, 1.54) is 16.0 Å². The Hall–Kier alpha value is -1.81. The first-order valence-electron chi connectivity index (χ1n) is 7.21. The molecule has 2 atom stereocenters. The molecule has 0 amide bonds. The lowest BCUT2D eigenvalue weighted by Gasteiger charge is -2.34. The molecule has 1 aromatic heterocycles. The van der Waals surface area contributed by atoms with E-state index in [1.807, 2.05) is 18.2 Å². The average molecular weight is 327 g/mol. The van der Waals surface area contributed by atoms with Gasteiger partial charge in [-0.05, 0) is 40.8 Å². The molecule has 0 aliphatic carbocycles. The Morgan fingerprint density at radius 2 is 1.82 bits per heavy atom. The van der Waals surface area contributed by atoms with Crippen LogP contribution >= 0.6 is 22.9 Å². The SMILES string of the molecule is Clc1ccc2c(c1)[C@H](c1ccccc1)N[C@H](c1cccs1)N2. The zero-order valence-corrected chi connectivity index (χ0v) is 13.4. The van der Waals surface area contributed by atoms with Crippen LogP contribution in [0.2, 0.25) is 5.02 Å². The highest BCUT2D eigenvalue weighted by Gasteiger charge is 2.28. The second-order valence-corrected chi connectivity index (χ2v) is 6.75. The molecule has 22 heavy (non-hydrogen) atoms. The van der Waals surface area contributed by atoms with Crippen molar-refractivity contribution in [2.75, 3.05) is 5.32 Å². The number of halogens is 1. The van der Waals surface area contributed by atoms with Crippen LogP contribution in [0.15, 0.2) is 66.0 Å². The Bertz CT molecular complexity index is 771. The molecular formula is C18H15ClN2S. The van der Waals surface area contributed by atoms with Gasteiger partial charge >= 0.3 is 0 Å². The summed E-state index contributed by atoms with van der Waals surface area (Å²) in [6, 6.07) is 20.9. The highest BCUT2D eigenvalue weighted by atomic mass is 35.5. The van der Waals surface area contributed by atoms with E-state index in [0.717, 1.165) is 10.7 Å². The summed E-state index contributed by atoms with van der Waals surface area (Å²) >= 11 is 7.97. The molecule has 0 spiro atoms. The van der Waals surface area contributed by atoms with E-state index in [0.29, 0.717) is 0 Å². The predicted octanol–water partition coefficient (Wildman–Crippen LogP) is 5.20. The summed E-state index contributed by atoms with van der Waals surface area (Å²) in [6.45, 7) is 0. The van der Waals surface area contributed by atoms with E-state index in [2.05, 4.69) is 58.5 Å². The fraction of sp³-hybridized carbons (Fsp3) is 0.111. The summed E-state index contributed by atoms with van der Waals surface area (Å²) in [6.07, 6.45) is 0.110. The molecule has 0 saturated carbocycles. The first-order valence-corrected chi connectivity index (χ1v) is 8.47. The van der Waals surface area contributed by atoms with Crippen LogP contribution in [0.5, 0.6) is 0 Å². The van der Waals surface area contributed by atoms with E-state index in [9.17, 15) is 0 Å². The van der Waals surface area contributed by atoms with Gasteiger partial charge in [0.15, 0.2) is 0 Å². The van der Waals surface area contributed by atoms with E-state index in [4.69, 9.17) is 11.6 Å². The quantitative estimate of drug-likeness (QED) is 0.676. The summed E-state index contributed by atoms with van der Waals surface area (Å²) < 4.78 is 0. The van der Waals surface area contributed by atoms with E-state index in [-0.39, 0.29) is 12.2 Å². The number of benzene rings is 2. The minimum absolute atomic E-state index is 0.110. The fourth-order valence-corrected chi connectivity index (χ4v) is 3.80. The maximum Gasteiger partial charge on any atom is 0.113 e. The van der Waals surface area contributed by atoms with Crippen molar-refractivity contribution < 1.29 is 0 Å². The molecule has 2 N–H and O–H groups in total. The van der Waals surface area contributed by atoms with Gasteiger partial charge in [0.05, 0.1) is 6.04 Å². The van der Waals surface area contributed by atoms with E-state index in [1.54, 1.807) is 11.3 Å². The van der Waals surface area contributed by atoms with Crippen LogP contribution in [0.25, 0.3) is 0 Å². The topological polar surface area (TPSA) is 24.1 Å². The molecule has 0 unspecified atom stereocenters. The lowest BCUT2D eigenvalue weighted by molar-refractivity contribution is 0.512. The Morgan fingerprint density at radius 1 is 0.955 bits per heavy atom. The first kappa shape index (κ1) is 13.8. The summed E-state index contributed by atoms with van der Waals surface area (Å²) in [5.74, 6) is 0. The number of fused-ring (bicyclic) bond motifs is 1. The molecule has 2 aromatic carbocycles. The van der Waals surface area contributed by atoms with Gasteiger partial charge in [-0.15, -0.1) is 11.3 Å². The third-order valence-electron chi connectivity index (χ3n) is 3.92. The minimum atomic E-state index is 0.110. The second kappa shape index (κ2) is 5.76. The van der Waals surface area contributed by atoms with Gasteiger partial charge in [0.25, 0.3) is 0 Å². The van der Waals surface area contributed by atoms with Crippen LogP contribution in [0.4, 0.5) is 5.69 Å². The molecule has 4 heteroatoms.